The second kappa shape index (κ2) is 25.5. The molecule has 6 rings (SSSR count). The first-order valence-corrected chi connectivity index (χ1v) is 26.2. The third-order valence-electron chi connectivity index (χ3n) is 14.1. The van der Waals surface area contributed by atoms with Gasteiger partial charge in [-0.2, -0.15) is 0 Å². The third kappa shape index (κ3) is 16.0. The lowest BCUT2D eigenvalue weighted by molar-refractivity contribution is -0.116. The van der Waals surface area contributed by atoms with Crippen LogP contribution in [-0.2, 0) is 14.3 Å². The number of ether oxygens (including phenoxy) is 1. The van der Waals surface area contributed by atoms with Crippen molar-refractivity contribution >= 4 is 46.0 Å². The van der Waals surface area contributed by atoms with E-state index in [0.29, 0.717) is 74.6 Å². The average Bonchev–Trinajstić information content (AvgIpc) is 3.82. The van der Waals surface area contributed by atoms with Crippen LogP contribution < -0.4 is 5.73 Å². The maximum absolute atomic E-state index is 13.4. The fourth-order valence-electron chi connectivity index (χ4n) is 10.6. The van der Waals surface area contributed by atoms with E-state index in [2.05, 4.69) is 13.8 Å². The molecule has 0 unspecified atom stereocenters. The first kappa shape index (κ1) is 57.0. The van der Waals surface area contributed by atoms with Gasteiger partial charge < -0.3 is 10.5 Å². The van der Waals surface area contributed by atoms with Crippen molar-refractivity contribution in [1.29, 1.82) is 0 Å². The summed E-state index contributed by atoms with van der Waals surface area (Å²) in [6.07, 6.45) is 11.6. The number of carbonyl (C=O) groups is 4. The van der Waals surface area contributed by atoms with Crippen LogP contribution in [0.4, 0.5) is 17.6 Å². The van der Waals surface area contributed by atoms with E-state index in [4.69, 9.17) is 10.5 Å². The third-order valence-corrected chi connectivity index (χ3v) is 16.5. The Kier molecular flexibility index (Phi) is 21.4. The van der Waals surface area contributed by atoms with E-state index in [9.17, 15) is 36.7 Å². The maximum atomic E-state index is 13.4. The summed E-state index contributed by atoms with van der Waals surface area (Å²) in [6.45, 7) is 21.0. The van der Waals surface area contributed by atoms with Gasteiger partial charge in [0.2, 0.25) is 0 Å². The van der Waals surface area contributed by atoms with Gasteiger partial charge in [0.15, 0.2) is 17.3 Å². The van der Waals surface area contributed by atoms with Crippen LogP contribution in [0, 0.1) is 25.7 Å². The van der Waals surface area contributed by atoms with Crippen molar-refractivity contribution in [2.45, 2.75) is 157 Å². The van der Waals surface area contributed by atoms with Gasteiger partial charge in [-0.15, -0.1) is 22.7 Å². The average molecular weight is 988 g/mol. The van der Waals surface area contributed by atoms with Gasteiger partial charge in [0, 0.05) is 71.3 Å². The highest BCUT2D eigenvalue weighted by Gasteiger charge is 2.35. The standard InChI is InChI=1S/C27H37F2NO2S.C18H27F2NO2S.C9H13NO/c1-6-21(20-9-11-30(12-10-20)16-27(5,28)29)26-19(4)23(15-33-26)24(31)8-7-22-18(3)13-17(2)14-25(22)32;1-5-14(16-12(2)15(10-24-16)17(22)23-4)13-6-8-21(9-7-13)11-18(3,19)20;1-6-3-7(2)8(5-10)9(11)4-6/h13,15,20-21H,6-12,14,16H2,1-5H3;10,13-14H,5-9,11H2,1-4H3;3H,4-5,10H2,1-2H3/t21-;14-;/m11./s1. The highest BCUT2D eigenvalue weighted by molar-refractivity contribution is 7.10. The Hall–Kier alpha value is -3.56. The summed E-state index contributed by atoms with van der Waals surface area (Å²) >= 11 is 3.28. The summed E-state index contributed by atoms with van der Waals surface area (Å²) in [5, 5.41) is 3.86. The molecular weight excluding hydrogens is 911 g/mol. The molecule has 14 heteroatoms. The number of carbonyl (C=O) groups excluding carboxylic acids is 4. The van der Waals surface area contributed by atoms with E-state index < -0.39 is 11.8 Å². The Morgan fingerprint density at radius 2 is 1.10 bits per heavy atom. The van der Waals surface area contributed by atoms with Gasteiger partial charge in [-0.25, -0.2) is 22.4 Å². The normalized spacial score (nSPS) is 19.2. The van der Waals surface area contributed by atoms with Crippen LogP contribution in [0.1, 0.15) is 173 Å². The lowest BCUT2D eigenvalue weighted by atomic mass is 9.80. The van der Waals surface area contributed by atoms with E-state index in [1.54, 1.807) is 22.7 Å². The van der Waals surface area contributed by atoms with E-state index >= 15 is 0 Å². The number of allylic oxidation sites excluding steroid dienone is 7. The fraction of sp³-hybridized carbons (Fsp3) is 0.630. The lowest BCUT2D eigenvalue weighted by Crippen LogP contribution is -2.41. The fourth-order valence-corrected chi connectivity index (χ4v) is 13.3. The number of nitrogens with two attached hydrogens (primary N) is 1. The zero-order valence-electron chi connectivity index (χ0n) is 42.5. The number of esters is 1. The molecule has 0 bridgehead atoms. The quantitative estimate of drug-likeness (QED) is 0.101. The Balaban J connectivity index is 0.000000250. The zero-order valence-corrected chi connectivity index (χ0v) is 44.1. The van der Waals surface area contributed by atoms with E-state index in [1.165, 1.54) is 16.9 Å². The van der Waals surface area contributed by atoms with Gasteiger partial charge >= 0.3 is 5.97 Å². The van der Waals surface area contributed by atoms with Crippen molar-refractivity contribution in [3.8, 4) is 0 Å². The summed E-state index contributed by atoms with van der Waals surface area (Å²) in [5.41, 5.74) is 14.7. The Morgan fingerprint density at radius 1 is 0.706 bits per heavy atom. The van der Waals surface area contributed by atoms with E-state index in [0.717, 1.165) is 116 Å². The number of likely N-dealkylation sites (tertiary alicyclic amines) is 2. The van der Waals surface area contributed by atoms with Crippen LogP contribution in [0.5, 0.6) is 0 Å². The zero-order chi connectivity index (χ0) is 50.7. The molecule has 2 aromatic rings. The molecule has 0 spiro atoms. The minimum atomic E-state index is -2.65. The number of halogens is 4. The molecule has 0 amide bonds. The number of hydrogen-bond acceptors (Lipinski definition) is 10. The van der Waals surface area contributed by atoms with Crippen molar-refractivity contribution in [3.63, 3.8) is 0 Å². The number of piperidine rings is 2. The molecule has 2 aliphatic carbocycles. The molecule has 0 radical (unpaired) electrons. The summed E-state index contributed by atoms with van der Waals surface area (Å²) in [4.78, 5) is 54.8. The van der Waals surface area contributed by atoms with Gasteiger partial charge in [-0.1, -0.05) is 37.1 Å². The van der Waals surface area contributed by atoms with Crippen molar-refractivity contribution in [2.75, 3.05) is 52.9 Å². The van der Waals surface area contributed by atoms with Crippen molar-refractivity contribution < 1.29 is 41.5 Å². The molecule has 2 saturated heterocycles. The molecule has 0 aromatic carbocycles. The number of Topliss-reactive ketones (excluding diaryl/α,β-unsaturated/α-hetero) is 3. The summed E-state index contributed by atoms with van der Waals surface area (Å²) in [7, 11) is 1.40. The maximum Gasteiger partial charge on any atom is 0.338 e. The number of nitrogens with zero attached hydrogens (tertiary/aromatic N) is 2. The topological polar surface area (TPSA) is 110 Å². The van der Waals surface area contributed by atoms with Crippen molar-refractivity contribution in [2.24, 2.45) is 17.6 Å². The van der Waals surface area contributed by atoms with Crippen LogP contribution in [-0.4, -0.2) is 97.9 Å². The number of thiophene rings is 2. The number of rotatable bonds is 16. The molecule has 4 heterocycles. The summed E-state index contributed by atoms with van der Waals surface area (Å²) in [6, 6.07) is 0. The molecule has 4 aliphatic rings. The van der Waals surface area contributed by atoms with Crippen LogP contribution >= 0.6 is 22.7 Å². The Labute approximate surface area is 411 Å². The minimum absolute atomic E-state index is 0.101. The molecule has 2 aliphatic heterocycles. The van der Waals surface area contributed by atoms with Gasteiger partial charge in [-0.05, 0) is 164 Å². The van der Waals surface area contributed by atoms with Crippen molar-refractivity contribution in [3.05, 3.63) is 88.4 Å². The molecule has 2 fully saturated rings. The van der Waals surface area contributed by atoms with E-state index in [-0.39, 0.29) is 36.4 Å². The van der Waals surface area contributed by atoms with Crippen LogP contribution in [0.25, 0.3) is 0 Å². The number of hydrogen-bond donors (Lipinski definition) is 1. The number of ketones is 3. The molecule has 2 atom stereocenters. The van der Waals surface area contributed by atoms with Crippen LogP contribution in [0.3, 0.4) is 0 Å². The van der Waals surface area contributed by atoms with Crippen LogP contribution in [0.15, 0.2) is 56.4 Å². The summed E-state index contributed by atoms with van der Waals surface area (Å²) in [5.74, 6) is -3.45. The van der Waals surface area contributed by atoms with Gasteiger partial charge in [0.25, 0.3) is 11.8 Å². The first-order chi connectivity index (χ1) is 31.9. The Bertz CT molecular complexity index is 2210. The number of alkyl halides is 4. The van der Waals surface area contributed by atoms with Crippen LogP contribution in [0.2, 0.25) is 0 Å². The molecule has 0 saturated carbocycles. The second-order valence-electron chi connectivity index (χ2n) is 19.8. The molecule has 378 valence electrons. The second-order valence-corrected chi connectivity index (χ2v) is 21.6. The molecule has 2 N–H and O–H groups in total. The molecule has 2 aromatic heterocycles. The van der Waals surface area contributed by atoms with Crippen molar-refractivity contribution in [1.82, 2.24) is 9.80 Å². The highest BCUT2D eigenvalue weighted by Crippen LogP contribution is 2.43. The molecular formula is C54H77F4N3O5S2. The largest absolute Gasteiger partial charge is 0.465 e. The first-order valence-electron chi connectivity index (χ1n) is 24.4. The summed E-state index contributed by atoms with van der Waals surface area (Å²) < 4.78 is 57.9. The smallest absolute Gasteiger partial charge is 0.338 e. The van der Waals surface area contributed by atoms with Gasteiger partial charge in [0.05, 0.1) is 25.8 Å². The minimum Gasteiger partial charge on any atom is -0.465 e. The predicted molar refractivity (Wildman–Crippen MR) is 270 cm³/mol. The highest BCUT2D eigenvalue weighted by atomic mass is 32.1. The lowest BCUT2D eigenvalue weighted by Gasteiger charge is -2.36. The Morgan fingerprint density at radius 3 is 1.47 bits per heavy atom. The molecule has 68 heavy (non-hydrogen) atoms. The number of methoxy groups -OCH3 is 1. The van der Waals surface area contributed by atoms with Gasteiger partial charge in [0.1, 0.15) is 0 Å². The SMILES string of the molecule is CC1=CC(C)=C(CN)C(=O)C1.CC[C@@H](c1scc(C(=O)CCC2=C(C)C=C(C)CC2=O)c1C)C1CCN(CC(C)(F)F)CC1.CC[C@@H](c1scc(C(=O)OC)c1C)C1CCN(CC(C)(F)F)CC1. The predicted octanol–water partition coefficient (Wildman–Crippen LogP) is 13.0. The molecule has 8 nitrogen and oxygen atoms in total. The monoisotopic (exact) mass is 988 g/mol. The van der Waals surface area contributed by atoms with Gasteiger partial charge in [-0.3, -0.25) is 24.2 Å². The van der Waals surface area contributed by atoms with E-state index in [1.807, 2.05) is 74.3 Å².